The summed E-state index contributed by atoms with van der Waals surface area (Å²) < 4.78 is 23.7. The summed E-state index contributed by atoms with van der Waals surface area (Å²) in [6, 6.07) is 13.7. The van der Waals surface area contributed by atoms with Crippen molar-refractivity contribution in [1.29, 1.82) is 0 Å². The number of para-hydroxylation sites is 2. The van der Waals surface area contributed by atoms with Crippen molar-refractivity contribution >= 4 is 0 Å². The fourth-order valence-electron chi connectivity index (χ4n) is 1.55. The molecule has 0 N–H and O–H groups in total. The molecule has 2 nitrogen and oxygen atoms in total. The Morgan fingerprint density at radius 1 is 1.00 bits per heavy atom. The average molecular weight is 256 g/mol. The summed E-state index contributed by atoms with van der Waals surface area (Å²) in [6.45, 7) is 0.124. The lowest BCUT2D eigenvalue weighted by Gasteiger charge is -2.03. The maximum absolute atomic E-state index is 13.3. The van der Waals surface area contributed by atoms with E-state index in [1.165, 1.54) is 6.07 Å². The highest BCUT2D eigenvalue weighted by Gasteiger charge is 1.99. The number of rotatable bonds is 3. The number of ether oxygens (including phenoxy) is 2. The Morgan fingerprint density at radius 3 is 2.42 bits per heavy atom. The topological polar surface area (TPSA) is 18.5 Å². The lowest BCUT2D eigenvalue weighted by atomic mass is 10.2. The molecule has 3 heteroatoms. The third kappa shape index (κ3) is 3.49. The monoisotopic (exact) mass is 256 g/mol. The van der Waals surface area contributed by atoms with Gasteiger partial charge in [0.15, 0.2) is 11.6 Å². The zero-order valence-electron chi connectivity index (χ0n) is 10.5. The summed E-state index contributed by atoms with van der Waals surface area (Å²) in [4.78, 5) is 0. The number of hydrogen-bond acceptors (Lipinski definition) is 2. The molecule has 0 aliphatic rings. The Kier molecular flexibility index (Phi) is 4.41. The van der Waals surface area contributed by atoms with Gasteiger partial charge in [-0.15, -0.1) is 0 Å². The summed E-state index contributed by atoms with van der Waals surface area (Å²) in [7, 11) is 1.59. The minimum absolute atomic E-state index is 0.124. The molecule has 0 saturated heterocycles. The lowest BCUT2D eigenvalue weighted by Crippen LogP contribution is -1.96. The van der Waals surface area contributed by atoms with Crippen LogP contribution in [0.3, 0.4) is 0 Å². The van der Waals surface area contributed by atoms with Gasteiger partial charge in [-0.05, 0) is 24.3 Å². The van der Waals surface area contributed by atoms with Gasteiger partial charge in [-0.25, -0.2) is 4.39 Å². The molecule has 0 bridgehead atoms. The fraction of sp³-hybridized carbons (Fsp3) is 0.125. The normalized spacial score (nSPS) is 9.37. The van der Waals surface area contributed by atoms with Gasteiger partial charge in [0.1, 0.15) is 12.4 Å². The van der Waals surface area contributed by atoms with Crippen molar-refractivity contribution < 1.29 is 13.9 Å². The van der Waals surface area contributed by atoms with E-state index in [-0.39, 0.29) is 18.2 Å². The minimum Gasteiger partial charge on any atom is -0.495 e. The van der Waals surface area contributed by atoms with Crippen LogP contribution in [0.25, 0.3) is 0 Å². The number of halogens is 1. The van der Waals surface area contributed by atoms with Gasteiger partial charge >= 0.3 is 0 Å². The van der Waals surface area contributed by atoms with E-state index in [2.05, 4.69) is 11.8 Å². The van der Waals surface area contributed by atoms with Crippen LogP contribution in [0.15, 0.2) is 48.5 Å². The van der Waals surface area contributed by atoms with Crippen LogP contribution in [0.4, 0.5) is 4.39 Å². The van der Waals surface area contributed by atoms with Crippen molar-refractivity contribution in [1.82, 2.24) is 0 Å². The quantitative estimate of drug-likeness (QED) is 0.785. The first-order valence-electron chi connectivity index (χ1n) is 5.80. The molecule has 0 saturated carbocycles. The average Bonchev–Trinajstić information content (AvgIpc) is 2.45. The molecule has 19 heavy (non-hydrogen) atoms. The fourth-order valence-corrected chi connectivity index (χ4v) is 1.55. The van der Waals surface area contributed by atoms with Gasteiger partial charge in [-0.3, -0.25) is 0 Å². The van der Waals surface area contributed by atoms with Crippen molar-refractivity contribution in [3.05, 3.63) is 59.9 Å². The van der Waals surface area contributed by atoms with Gasteiger partial charge in [0.25, 0.3) is 0 Å². The zero-order valence-corrected chi connectivity index (χ0v) is 10.5. The highest BCUT2D eigenvalue weighted by atomic mass is 19.1. The van der Waals surface area contributed by atoms with Gasteiger partial charge in [-0.2, -0.15) is 0 Å². The third-order valence-corrected chi connectivity index (χ3v) is 2.47. The second kappa shape index (κ2) is 6.46. The van der Waals surface area contributed by atoms with Crippen LogP contribution in [-0.4, -0.2) is 13.7 Å². The van der Waals surface area contributed by atoms with E-state index in [0.29, 0.717) is 5.75 Å². The molecular formula is C16H13FO2. The van der Waals surface area contributed by atoms with Crippen LogP contribution in [0.5, 0.6) is 11.5 Å². The van der Waals surface area contributed by atoms with Crippen molar-refractivity contribution in [3.63, 3.8) is 0 Å². The minimum atomic E-state index is -0.387. The molecule has 0 spiro atoms. The zero-order chi connectivity index (χ0) is 13.5. The largest absolute Gasteiger partial charge is 0.495 e. The van der Waals surface area contributed by atoms with Crippen molar-refractivity contribution in [3.8, 4) is 23.3 Å². The van der Waals surface area contributed by atoms with Crippen LogP contribution in [0.2, 0.25) is 0 Å². The molecule has 2 aromatic carbocycles. The summed E-state index contributed by atoms with van der Waals surface area (Å²) in [5.74, 6) is 6.29. The van der Waals surface area contributed by atoms with Gasteiger partial charge in [-0.1, -0.05) is 36.1 Å². The summed E-state index contributed by atoms with van der Waals surface area (Å²) >= 11 is 0. The summed E-state index contributed by atoms with van der Waals surface area (Å²) in [5.41, 5.74) is 0.780. The molecule has 0 unspecified atom stereocenters. The van der Waals surface area contributed by atoms with Crippen molar-refractivity contribution in [2.75, 3.05) is 13.7 Å². The number of methoxy groups -OCH3 is 1. The molecule has 0 aliphatic carbocycles. The van der Waals surface area contributed by atoms with E-state index in [1.807, 2.05) is 24.3 Å². The maximum Gasteiger partial charge on any atom is 0.165 e. The highest BCUT2D eigenvalue weighted by molar-refractivity contribution is 5.45. The first-order valence-corrected chi connectivity index (χ1v) is 5.80. The molecule has 0 fully saturated rings. The van der Waals surface area contributed by atoms with E-state index >= 15 is 0 Å². The molecule has 2 aromatic rings. The Labute approximate surface area is 111 Å². The van der Waals surface area contributed by atoms with E-state index < -0.39 is 0 Å². The SMILES string of the molecule is COc1ccccc1C#CCOc1ccccc1F. The molecule has 2 rings (SSSR count). The molecule has 0 radical (unpaired) electrons. The Balaban J connectivity index is 2.00. The summed E-state index contributed by atoms with van der Waals surface area (Å²) in [6.07, 6.45) is 0. The van der Waals surface area contributed by atoms with Crippen LogP contribution < -0.4 is 9.47 Å². The lowest BCUT2D eigenvalue weighted by molar-refractivity contribution is 0.348. The first kappa shape index (κ1) is 13.0. The molecule has 0 atom stereocenters. The first-order chi connectivity index (χ1) is 9.31. The van der Waals surface area contributed by atoms with Crippen LogP contribution in [0.1, 0.15) is 5.56 Å². The smallest absolute Gasteiger partial charge is 0.165 e. The second-order valence-electron chi connectivity index (χ2n) is 3.72. The van der Waals surface area contributed by atoms with Gasteiger partial charge < -0.3 is 9.47 Å². The van der Waals surface area contributed by atoms with Crippen molar-refractivity contribution in [2.24, 2.45) is 0 Å². The molecule has 0 aromatic heterocycles. The maximum atomic E-state index is 13.3. The van der Waals surface area contributed by atoms with E-state index in [9.17, 15) is 4.39 Å². The van der Waals surface area contributed by atoms with Gasteiger partial charge in [0, 0.05) is 0 Å². The third-order valence-electron chi connectivity index (χ3n) is 2.47. The predicted molar refractivity (Wildman–Crippen MR) is 71.8 cm³/mol. The van der Waals surface area contributed by atoms with Crippen molar-refractivity contribution in [2.45, 2.75) is 0 Å². The van der Waals surface area contributed by atoms with Crippen LogP contribution in [-0.2, 0) is 0 Å². The van der Waals surface area contributed by atoms with E-state index in [0.717, 1.165) is 5.56 Å². The van der Waals surface area contributed by atoms with Crippen LogP contribution in [0, 0.1) is 17.7 Å². The number of hydrogen-bond donors (Lipinski definition) is 0. The van der Waals surface area contributed by atoms with E-state index in [4.69, 9.17) is 9.47 Å². The Morgan fingerprint density at radius 2 is 1.68 bits per heavy atom. The molecular weight excluding hydrogens is 243 g/mol. The molecule has 0 heterocycles. The van der Waals surface area contributed by atoms with Crippen LogP contribution >= 0.6 is 0 Å². The van der Waals surface area contributed by atoms with Gasteiger partial charge in [0.05, 0.1) is 12.7 Å². The number of benzene rings is 2. The standard InChI is InChI=1S/C16H13FO2/c1-18-15-10-4-2-7-13(15)8-6-12-19-16-11-5-3-9-14(16)17/h2-5,7,9-11H,12H2,1H3. The van der Waals surface area contributed by atoms with Gasteiger partial charge in [0.2, 0.25) is 0 Å². The molecule has 0 amide bonds. The Hall–Kier alpha value is -2.47. The Bertz CT molecular complexity index is 611. The molecule has 96 valence electrons. The summed E-state index contributed by atoms with van der Waals surface area (Å²) in [5, 5.41) is 0. The van der Waals surface area contributed by atoms with E-state index in [1.54, 1.807) is 25.3 Å². The predicted octanol–water partition coefficient (Wildman–Crippen LogP) is 3.26. The second-order valence-corrected chi connectivity index (χ2v) is 3.72. The molecule has 0 aliphatic heterocycles. The highest BCUT2D eigenvalue weighted by Crippen LogP contribution is 2.16.